The number of nitrogens with one attached hydrogen (secondary N) is 1. The van der Waals surface area contributed by atoms with E-state index in [-0.39, 0.29) is 18.3 Å². The van der Waals surface area contributed by atoms with E-state index in [2.05, 4.69) is 10.3 Å². The number of carbonyl (C=O) groups excluding carboxylic acids is 2. The summed E-state index contributed by atoms with van der Waals surface area (Å²) in [4.78, 5) is 28.9. The number of aromatic nitrogens is 1. The first kappa shape index (κ1) is 19.4. The molecule has 0 bridgehead atoms. The van der Waals surface area contributed by atoms with E-state index >= 15 is 0 Å². The summed E-state index contributed by atoms with van der Waals surface area (Å²) in [5.41, 5.74) is -0.236. The van der Waals surface area contributed by atoms with Crippen molar-refractivity contribution in [2.24, 2.45) is 0 Å². The van der Waals surface area contributed by atoms with Gasteiger partial charge in [0.1, 0.15) is 5.60 Å². The van der Waals surface area contributed by atoms with Gasteiger partial charge in [0.2, 0.25) is 5.91 Å². The topological polar surface area (TPSA) is 77.5 Å². The summed E-state index contributed by atoms with van der Waals surface area (Å²) in [6.45, 7) is 6.58. The molecule has 1 fully saturated rings. The van der Waals surface area contributed by atoms with E-state index in [1.165, 1.54) is 0 Å². The third-order valence-electron chi connectivity index (χ3n) is 4.09. The van der Waals surface area contributed by atoms with Crippen LogP contribution in [0.25, 0.3) is 0 Å². The Morgan fingerprint density at radius 3 is 2.60 bits per heavy atom. The van der Waals surface area contributed by atoms with Gasteiger partial charge >= 0.3 is 5.97 Å². The zero-order valence-corrected chi connectivity index (χ0v) is 15.3. The number of ether oxygens (including phenoxy) is 2. The van der Waals surface area contributed by atoms with Gasteiger partial charge in [-0.15, -0.1) is 0 Å². The van der Waals surface area contributed by atoms with Gasteiger partial charge in [-0.1, -0.05) is 6.07 Å². The van der Waals surface area contributed by atoms with Crippen molar-refractivity contribution in [1.29, 1.82) is 0 Å². The Labute approximate surface area is 149 Å². The number of hydrogen-bond donors (Lipinski definition) is 1. The lowest BCUT2D eigenvalue weighted by atomic mass is 9.86. The van der Waals surface area contributed by atoms with Crippen molar-refractivity contribution in [3.63, 3.8) is 0 Å². The second kappa shape index (κ2) is 8.43. The van der Waals surface area contributed by atoms with Crippen molar-refractivity contribution < 1.29 is 19.1 Å². The Hall–Kier alpha value is -1.95. The maximum atomic E-state index is 12.4. The molecule has 1 aliphatic heterocycles. The van der Waals surface area contributed by atoms with Crippen molar-refractivity contribution >= 4 is 11.9 Å². The molecule has 1 N–H and O–H groups in total. The van der Waals surface area contributed by atoms with E-state index < -0.39 is 11.1 Å². The molecule has 25 heavy (non-hydrogen) atoms. The fourth-order valence-electron chi connectivity index (χ4n) is 2.91. The van der Waals surface area contributed by atoms with Crippen LogP contribution in [0.5, 0.6) is 0 Å². The number of hydrogen-bond acceptors (Lipinski definition) is 5. The van der Waals surface area contributed by atoms with Gasteiger partial charge in [0.05, 0.1) is 12.0 Å². The predicted octanol–water partition coefficient (Wildman–Crippen LogP) is 2.41. The minimum absolute atomic E-state index is 0.0730. The van der Waals surface area contributed by atoms with E-state index in [4.69, 9.17) is 9.47 Å². The monoisotopic (exact) mass is 348 g/mol. The van der Waals surface area contributed by atoms with Crippen molar-refractivity contribution in [3.8, 4) is 0 Å². The van der Waals surface area contributed by atoms with Crippen LogP contribution in [0.15, 0.2) is 24.4 Å². The molecule has 0 saturated carbocycles. The molecule has 0 atom stereocenters. The summed E-state index contributed by atoms with van der Waals surface area (Å²) >= 11 is 0. The number of nitrogens with zero attached hydrogens (tertiary/aromatic N) is 1. The highest BCUT2D eigenvalue weighted by Crippen LogP contribution is 2.26. The Morgan fingerprint density at radius 2 is 2.00 bits per heavy atom. The molecule has 0 spiro atoms. The van der Waals surface area contributed by atoms with Crippen LogP contribution in [-0.4, -0.2) is 41.2 Å². The lowest BCUT2D eigenvalue weighted by Crippen LogP contribution is -2.53. The van der Waals surface area contributed by atoms with Crippen LogP contribution in [0.4, 0.5) is 0 Å². The van der Waals surface area contributed by atoms with Crippen LogP contribution in [0.3, 0.4) is 0 Å². The first-order valence-corrected chi connectivity index (χ1v) is 8.79. The maximum absolute atomic E-state index is 12.4. The average Bonchev–Trinajstić information content (AvgIpc) is 2.52. The Balaban J connectivity index is 1.94. The summed E-state index contributed by atoms with van der Waals surface area (Å²) in [6, 6.07) is 5.66. The molecule has 1 amide bonds. The number of carbonyl (C=O) groups is 2. The summed E-state index contributed by atoms with van der Waals surface area (Å²) in [7, 11) is 0. The minimum Gasteiger partial charge on any atom is -0.460 e. The molecular formula is C19H28N2O4. The summed E-state index contributed by atoms with van der Waals surface area (Å²) in [5, 5.41) is 3.07. The van der Waals surface area contributed by atoms with Gasteiger partial charge in [0.15, 0.2) is 0 Å². The normalized spacial score (nSPS) is 16.9. The van der Waals surface area contributed by atoms with Crippen molar-refractivity contribution in [3.05, 3.63) is 30.1 Å². The number of rotatable bonds is 6. The zero-order chi connectivity index (χ0) is 18.3. The van der Waals surface area contributed by atoms with Crippen LogP contribution in [-0.2, 0) is 25.5 Å². The fourth-order valence-corrected chi connectivity index (χ4v) is 2.91. The first-order chi connectivity index (χ1) is 11.8. The second-order valence-electron chi connectivity index (χ2n) is 7.53. The van der Waals surface area contributed by atoms with Crippen molar-refractivity contribution in [2.45, 2.75) is 64.0 Å². The standard InChI is InChI=1S/C19H28N2O4/c1-18(2,3)25-17(23)14-19(9-12-24-13-10-19)21-16(22)8-7-15-6-4-5-11-20-15/h4-6,11H,7-10,12-14H2,1-3H3,(H,21,22). The van der Waals surface area contributed by atoms with E-state index in [1.807, 2.05) is 39.0 Å². The second-order valence-corrected chi connectivity index (χ2v) is 7.53. The molecule has 1 saturated heterocycles. The highest BCUT2D eigenvalue weighted by molar-refractivity contribution is 5.79. The largest absolute Gasteiger partial charge is 0.460 e. The van der Waals surface area contributed by atoms with Gasteiger partial charge in [-0.3, -0.25) is 14.6 Å². The van der Waals surface area contributed by atoms with Gasteiger partial charge in [0, 0.05) is 31.5 Å². The summed E-state index contributed by atoms with van der Waals surface area (Å²) in [6.07, 6.45) is 4.03. The third-order valence-corrected chi connectivity index (χ3v) is 4.09. The van der Waals surface area contributed by atoms with Crippen molar-refractivity contribution in [1.82, 2.24) is 10.3 Å². The molecule has 138 valence electrons. The van der Waals surface area contributed by atoms with Gasteiger partial charge in [-0.05, 0) is 52.2 Å². The number of aryl methyl sites for hydroxylation is 1. The number of amides is 1. The Kier molecular flexibility index (Phi) is 6.53. The van der Waals surface area contributed by atoms with Gasteiger partial charge in [-0.2, -0.15) is 0 Å². The van der Waals surface area contributed by atoms with E-state index in [0.29, 0.717) is 38.9 Å². The van der Waals surface area contributed by atoms with Gasteiger partial charge in [0.25, 0.3) is 0 Å². The highest BCUT2D eigenvalue weighted by Gasteiger charge is 2.37. The Bertz CT molecular complexity index is 575. The molecule has 2 rings (SSSR count). The van der Waals surface area contributed by atoms with E-state index in [0.717, 1.165) is 5.69 Å². The Morgan fingerprint density at radius 1 is 1.28 bits per heavy atom. The van der Waals surface area contributed by atoms with Gasteiger partial charge in [-0.25, -0.2) is 0 Å². The molecule has 0 aliphatic carbocycles. The molecule has 0 unspecified atom stereocenters. The summed E-state index contributed by atoms with van der Waals surface area (Å²) in [5.74, 6) is -0.365. The maximum Gasteiger partial charge on any atom is 0.308 e. The van der Waals surface area contributed by atoms with E-state index in [1.54, 1.807) is 6.20 Å². The first-order valence-electron chi connectivity index (χ1n) is 8.79. The highest BCUT2D eigenvalue weighted by atomic mass is 16.6. The summed E-state index contributed by atoms with van der Waals surface area (Å²) < 4.78 is 10.8. The van der Waals surface area contributed by atoms with Crippen LogP contribution in [0, 0.1) is 0 Å². The van der Waals surface area contributed by atoms with Gasteiger partial charge < -0.3 is 14.8 Å². The smallest absolute Gasteiger partial charge is 0.308 e. The van der Waals surface area contributed by atoms with E-state index in [9.17, 15) is 9.59 Å². The third kappa shape index (κ3) is 6.82. The fraction of sp³-hybridized carbons (Fsp3) is 0.632. The molecular weight excluding hydrogens is 320 g/mol. The molecule has 2 heterocycles. The lowest BCUT2D eigenvalue weighted by Gasteiger charge is -2.38. The van der Waals surface area contributed by atoms with Crippen LogP contribution >= 0.6 is 0 Å². The minimum atomic E-state index is -0.582. The molecule has 1 aliphatic rings. The zero-order valence-electron chi connectivity index (χ0n) is 15.3. The SMILES string of the molecule is CC(C)(C)OC(=O)CC1(NC(=O)CCc2ccccn2)CCOCC1. The molecule has 1 aromatic rings. The number of pyridine rings is 1. The average molecular weight is 348 g/mol. The quantitative estimate of drug-likeness (QED) is 0.799. The van der Waals surface area contributed by atoms with Crippen molar-refractivity contribution in [2.75, 3.05) is 13.2 Å². The molecule has 6 nitrogen and oxygen atoms in total. The predicted molar refractivity (Wildman–Crippen MR) is 93.9 cm³/mol. The van der Waals surface area contributed by atoms with Crippen LogP contribution in [0.2, 0.25) is 0 Å². The molecule has 0 aromatic carbocycles. The molecule has 1 aromatic heterocycles. The molecule has 0 radical (unpaired) electrons. The molecule has 6 heteroatoms. The van der Waals surface area contributed by atoms with Crippen LogP contribution < -0.4 is 5.32 Å². The van der Waals surface area contributed by atoms with Crippen LogP contribution in [0.1, 0.15) is 52.1 Å². The number of esters is 1. The lowest BCUT2D eigenvalue weighted by molar-refractivity contribution is -0.157.